The molecule has 0 atom stereocenters. The van der Waals surface area contributed by atoms with Crippen molar-refractivity contribution in [2.24, 2.45) is 0 Å². The first-order valence-electron chi connectivity index (χ1n) is 7.05. The second kappa shape index (κ2) is 7.62. The number of amides is 1. The summed E-state index contributed by atoms with van der Waals surface area (Å²) in [4.78, 5) is 13.8. The highest BCUT2D eigenvalue weighted by Gasteiger charge is 2.12. The van der Waals surface area contributed by atoms with Crippen LogP contribution >= 0.6 is 0 Å². The summed E-state index contributed by atoms with van der Waals surface area (Å²) in [6, 6.07) is 3.43. The number of ether oxygens (including phenoxy) is 1. The van der Waals surface area contributed by atoms with Crippen LogP contribution in [0.25, 0.3) is 0 Å². The van der Waals surface area contributed by atoms with E-state index in [0.717, 1.165) is 18.7 Å². The highest BCUT2D eigenvalue weighted by atomic mass is 16.5. The molecule has 0 saturated carbocycles. The molecule has 5 nitrogen and oxygen atoms in total. The molecule has 5 heteroatoms. The third-order valence-electron chi connectivity index (χ3n) is 3.21. The van der Waals surface area contributed by atoms with Gasteiger partial charge in [-0.3, -0.25) is 4.79 Å². The second-order valence-corrected chi connectivity index (χ2v) is 4.53. The van der Waals surface area contributed by atoms with E-state index in [0.29, 0.717) is 25.2 Å². The maximum absolute atomic E-state index is 12.0. The molecule has 0 radical (unpaired) electrons. The minimum Gasteiger partial charge on any atom is -0.503 e. The summed E-state index contributed by atoms with van der Waals surface area (Å²) in [5, 5.41) is 9.77. The molecule has 0 aromatic heterocycles. The molecule has 1 aromatic carbocycles. The normalized spacial score (nSPS) is 10.3. The van der Waals surface area contributed by atoms with Crippen LogP contribution in [-0.4, -0.2) is 35.6 Å². The molecule has 0 unspecified atom stereocenters. The Bertz CT molecular complexity index is 457. The molecule has 0 saturated heterocycles. The van der Waals surface area contributed by atoms with E-state index in [1.807, 2.05) is 20.8 Å². The van der Waals surface area contributed by atoms with Crippen molar-refractivity contribution in [1.29, 1.82) is 0 Å². The summed E-state index contributed by atoms with van der Waals surface area (Å²) in [5.74, 6) is 0.461. The van der Waals surface area contributed by atoms with E-state index in [1.165, 1.54) is 0 Å². The highest BCUT2D eigenvalue weighted by Crippen LogP contribution is 2.34. The van der Waals surface area contributed by atoms with Gasteiger partial charge >= 0.3 is 0 Å². The third kappa shape index (κ3) is 4.05. The summed E-state index contributed by atoms with van der Waals surface area (Å²) in [5.41, 5.74) is 6.92. The Labute approximate surface area is 120 Å². The number of carbonyl (C=O) groups is 1. The van der Waals surface area contributed by atoms with Crippen LogP contribution < -0.4 is 10.5 Å². The summed E-state index contributed by atoms with van der Waals surface area (Å²) in [6.07, 6.45) is 1.01. The molecule has 20 heavy (non-hydrogen) atoms. The van der Waals surface area contributed by atoms with Gasteiger partial charge in [0.25, 0.3) is 0 Å². The average Bonchev–Trinajstić information content (AvgIpc) is 2.43. The number of nitrogens with zero attached hydrogens (tertiary/aromatic N) is 1. The van der Waals surface area contributed by atoms with Crippen molar-refractivity contribution in [3.63, 3.8) is 0 Å². The van der Waals surface area contributed by atoms with Gasteiger partial charge in [0.2, 0.25) is 5.91 Å². The van der Waals surface area contributed by atoms with Gasteiger partial charge in [-0.25, -0.2) is 0 Å². The minimum absolute atomic E-state index is 0.0364. The topological polar surface area (TPSA) is 75.8 Å². The standard InChI is InChI=1S/C15H24N2O3/c1-4-17(5-2)14(18)8-7-11-9-12(16)15(19)13(10-11)20-6-3/h9-10,19H,4-8,16H2,1-3H3. The highest BCUT2D eigenvalue weighted by molar-refractivity contribution is 5.76. The zero-order valence-electron chi connectivity index (χ0n) is 12.5. The maximum Gasteiger partial charge on any atom is 0.222 e. The predicted molar refractivity (Wildman–Crippen MR) is 79.9 cm³/mol. The van der Waals surface area contributed by atoms with Crippen molar-refractivity contribution in [3.8, 4) is 11.5 Å². The number of carbonyl (C=O) groups excluding carboxylic acids is 1. The van der Waals surface area contributed by atoms with Crippen molar-refractivity contribution in [2.75, 3.05) is 25.4 Å². The van der Waals surface area contributed by atoms with Gasteiger partial charge in [0.05, 0.1) is 12.3 Å². The van der Waals surface area contributed by atoms with Gasteiger partial charge < -0.3 is 20.5 Å². The van der Waals surface area contributed by atoms with Gasteiger partial charge in [0.15, 0.2) is 11.5 Å². The number of hydrogen-bond donors (Lipinski definition) is 2. The van der Waals surface area contributed by atoms with Gasteiger partial charge in [0, 0.05) is 19.5 Å². The summed E-state index contributed by atoms with van der Waals surface area (Å²) in [7, 11) is 0. The molecular formula is C15H24N2O3. The molecule has 0 bridgehead atoms. The van der Waals surface area contributed by atoms with Crippen LogP contribution in [-0.2, 0) is 11.2 Å². The molecule has 0 spiro atoms. The lowest BCUT2D eigenvalue weighted by molar-refractivity contribution is -0.130. The molecule has 0 aliphatic heterocycles. The van der Waals surface area contributed by atoms with E-state index in [2.05, 4.69) is 0 Å². The quantitative estimate of drug-likeness (QED) is 0.593. The molecule has 0 heterocycles. The van der Waals surface area contributed by atoms with E-state index in [1.54, 1.807) is 17.0 Å². The number of hydrogen-bond acceptors (Lipinski definition) is 4. The molecule has 0 aliphatic rings. The van der Waals surface area contributed by atoms with Crippen LogP contribution in [0.3, 0.4) is 0 Å². The van der Waals surface area contributed by atoms with E-state index in [4.69, 9.17) is 10.5 Å². The number of aryl methyl sites for hydroxylation is 1. The van der Waals surface area contributed by atoms with Crippen molar-refractivity contribution >= 4 is 11.6 Å². The Morgan fingerprint density at radius 3 is 2.50 bits per heavy atom. The molecular weight excluding hydrogens is 256 g/mol. The van der Waals surface area contributed by atoms with Crippen molar-refractivity contribution in [1.82, 2.24) is 4.90 Å². The number of aromatic hydroxyl groups is 1. The third-order valence-corrected chi connectivity index (χ3v) is 3.21. The van der Waals surface area contributed by atoms with Gasteiger partial charge in [-0.05, 0) is 44.9 Å². The second-order valence-electron chi connectivity index (χ2n) is 4.53. The van der Waals surface area contributed by atoms with E-state index >= 15 is 0 Å². The monoisotopic (exact) mass is 280 g/mol. The van der Waals surface area contributed by atoms with Crippen molar-refractivity contribution < 1.29 is 14.6 Å². The van der Waals surface area contributed by atoms with Crippen LogP contribution in [0.15, 0.2) is 12.1 Å². The Morgan fingerprint density at radius 2 is 1.95 bits per heavy atom. The van der Waals surface area contributed by atoms with Crippen molar-refractivity contribution in [2.45, 2.75) is 33.6 Å². The molecule has 3 N–H and O–H groups in total. The maximum atomic E-state index is 12.0. The van der Waals surface area contributed by atoms with E-state index in [9.17, 15) is 9.90 Å². The van der Waals surface area contributed by atoms with Crippen LogP contribution in [0.2, 0.25) is 0 Å². The zero-order valence-corrected chi connectivity index (χ0v) is 12.5. The summed E-state index contributed by atoms with van der Waals surface area (Å²) < 4.78 is 5.33. The van der Waals surface area contributed by atoms with Gasteiger partial charge in [-0.2, -0.15) is 0 Å². The molecule has 0 aliphatic carbocycles. The SMILES string of the molecule is CCOc1cc(CCC(=O)N(CC)CC)cc(N)c1O. The summed E-state index contributed by atoms with van der Waals surface area (Å²) >= 11 is 0. The lowest BCUT2D eigenvalue weighted by Gasteiger charge is -2.18. The van der Waals surface area contributed by atoms with E-state index in [-0.39, 0.29) is 17.3 Å². The Hall–Kier alpha value is -1.91. The molecule has 1 aromatic rings. The van der Waals surface area contributed by atoms with Gasteiger partial charge in [0.1, 0.15) is 0 Å². The number of phenols is 1. The lowest BCUT2D eigenvalue weighted by Crippen LogP contribution is -2.30. The predicted octanol–water partition coefficient (Wildman–Crippen LogP) is 2.17. The number of nitrogen functional groups attached to an aromatic ring is 1. The van der Waals surface area contributed by atoms with Crippen LogP contribution in [0.5, 0.6) is 11.5 Å². The Morgan fingerprint density at radius 1 is 1.30 bits per heavy atom. The fourth-order valence-electron chi connectivity index (χ4n) is 2.08. The Balaban J connectivity index is 2.75. The smallest absolute Gasteiger partial charge is 0.222 e. The fourth-order valence-corrected chi connectivity index (χ4v) is 2.08. The summed E-state index contributed by atoms with van der Waals surface area (Å²) in [6.45, 7) is 7.66. The average molecular weight is 280 g/mol. The van der Waals surface area contributed by atoms with Gasteiger partial charge in [-0.15, -0.1) is 0 Å². The Kier molecular flexibility index (Phi) is 6.15. The fraction of sp³-hybridized carbons (Fsp3) is 0.533. The first kappa shape index (κ1) is 16.1. The van der Waals surface area contributed by atoms with Gasteiger partial charge in [-0.1, -0.05) is 0 Å². The zero-order chi connectivity index (χ0) is 15.1. The molecule has 1 amide bonds. The van der Waals surface area contributed by atoms with E-state index < -0.39 is 0 Å². The number of rotatable bonds is 7. The minimum atomic E-state index is -0.0364. The van der Waals surface area contributed by atoms with Crippen LogP contribution in [0.4, 0.5) is 5.69 Å². The van der Waals surface area contributed by atoms with Crippen molar-refractivity contribution in [3.05, 3.63) is 17.7 Å². The first-order valence-corrected chi connectivity index (χ1v) is 7.05. The molecule has 1 rings (SSSR count). The molecule has 112 valence electrons. The van der Waals surface area contributed by atoms with Crippen LogP contribution in [0, 0.1) is 0 Å². The number of nitrogens with two attached hydrogens (primary N) is 1. The number of phenolic OH excluding ortho intramolecular Hbond substituents is 1. The first-order chi connectivity index (χ1) is 9.53. The largest absolute Gasteiger partial charge is 0.503 e. The molecule has 0 fully saturated rings. The lowest BCUT2D eigenvalue weighted by atomic mass is 10.1. The number of anilines is 1. The van der Waals surface area contributed by atoms with Crippen LogP contribution in [0.1, 0.15) is 32.8 Å². The number of benzene rings is 1.